The van der Waals surface area contributed by atoms with E-state index in [0.29, 0.717) is 0 Å². The van der Waals surface area contributed by atoms with Crippen LogP contribution in [-0.2, 0) is 5.33 Å². The Bertz CT molecular complexity index is 521. The molecule has 0 spiro atoms. The molecule has 94 valence electrons. The van der Waals surface area contributed by atoms with E-state index >= 15 is 0 Å². The van der Waals surface area contributed by atoms with Crippen molar-refractivity contribution in [3.05, 3.63) is 48.0 Å². The van der Waals surface area contributed by atoms with Crippen molar-refractivity contribution < 1.29 is 9.47 Å². The first kappa shape index (κ1) is 13.0. The maximum atomic E-state index is 5.24. The van der Waals surface area contributed by atoms with Crippen molar-refractivity contribution in [1.82, 2.24) is 0 Å². The molecule has 18 heavy (non-hydrogen) atoms. The van der Waals surface area contributed by atoms with Gasteiger partial charge in [-0.25, -0.2) is 0 Å². The van der Waals surface area contributed by atoms with Crippen molar-refractivity contribution in [3.8, 4) is 22.6 Å². The zero-order valence-corrected chi connectivity index (χ0v) is 12.0. The molecule has 0 aromatic heterocycles. The molecule has 0 atom stereocenters. The zero-order valence-electron chi connectivity index (χ0n) is 10.4. The minimum atomic E-state index is 0.797. The van der Waals surface area contributed by atoms with Crippen LogP contribution < -0.4 is 9.47 Å². The van der Waals surface area contributed by atoms with Crippen LogP contribution in [0.1, 0.15) is 5.56 Å². The Morgan fingerprint density at radius 1 is 0.889 bits per heavy atom. The predicted molar refractivity (Wildman–Crippen MR) is 77.6 cm³/mol. The number of hydrogen-bond donors (Lipinski definition) is 0. The maximum Gasteiger partial charge on any atom is 0.119 e. The van der Waals surface area contributed by atoms with Crippen LogP contribution in [0.3, 0.4) is 0 Å². The molecule has 0 fully saturated rings. The fourth-order valence-corrected chi connectivity index (χ4v) is 2.32. The highest BCUT2D eigenvalue weighted by molar-refractivity contribution is 9.08. The van der Waals surface area contributed by atoms with Crippen LogP contribution >= 0.6 is 15.9 Å². The highest BCUT2D eigenvalue weighted by Gasteiger charge is 2.06. The average Bonchev–Trinajstić information content (AvgIpc) is 2.46. The van der Waals surface area contributed by atoms with E-state index in [9.17, 15) is 0 Å². The number of halogens is 1. The van der Waals surface area contributed by atoms with E-state index < -0.39 is 0 Å². The van der Waals surface area contributed by atoms with E-state index in [2.05, 4.69) is 34.1 Å². The molecular weight excluding hydrogens is 292 g/mol. The first-order valence-electron chi connectivity index (χ1n) is 5.65. The van der Waals surface area contributed by atoms with Gasteiger partial charge in [0, 0.05) is 5.33 Å². The lowest BCUT2D eigenvalue weighted by atomic mass is 10.0. The van der Waals surface area contributed by atoms with Crippen LogP contribution in [0.2, 0.25) is 0 Å². The second-order valence-electron chi connectivity index (χ2n) is 3.89. The van der Waals surface area contributed by atoms with Gasteiger partial charge in [-0.2, -0.15) is 0 Å². The summed E-state index contributed by atoms with van der Waals surface area (Å²) in [6, 6.07) is 14.2. The summed E-state index contributed by atoms with van der Waals surface area (Å²) in [6.07, 6.45) is 0. The average molecular weight is 307 g/mol. The molecule has 0 bridgehead atoms. The molecule has 2 aromatic carbocycles. The molecule has 0 unspecified atom stereocenters. The largest absolute Gasteiger partial charge is 0.497 e. The van der Waals surface area contributed by atoms with Gasteiger partial charge >= 0.3 is 0 Å². The Kier molecular flexibility index (Phi) is 4.26. The van der Waals surface area contributed by atoms with Crippen LogP contribution in [-0.4, -0.2) is 14.2 Å². The van der Waals surface area contributed by atoms with E-state index in [1.807, 2.05) is 24.3 Å². The Labute approximate surface area is 116 Å². The third-order valence-corrected chi connectivity index (χ3v) is 3.46. The van der Waals surface area contributed by atoms with Crippen molar-refractivity contribution in [1.29, 1.82) is 0 Å². The molecule has 2 aromatic rings. The Balaban J connectivity index is 2.42. The minimum absolute atomic E-state index is 0.797. The van der Waals surface area contributed by atoms with Crippen LogP contribution in [0.25, 0.3) is 11.1 Å². The van der Waals surface area contributed by atoms with Crippen LogP contribution in [0, 0.1) is 0 Å². The lowest BCUT2D eigenvalue weighted by Crippen LogP contribution is -1.90. The molecular formula is C15H15BrO2. The SMILES string of the molecule is COc1ccc(-c2ccc(OC)cc2CBr)cc1. The summed E-state index contributed by atoms with van der Waals surface area (Å²) in [5, 5.41) is 0.797. The molecule has 0 aliphatic rings. The normalized spacial score (nSPS) is 10.2. The molecule has 0 aliphatic carbocycles. The topological polar surface area (TPSA) is 18.5 Å². The molecule has 2 rings (SSSR count). The second-order valence-corrected chi connectivity index (χ2v) is 4.45. The van der Waals surface area contributed by atoms with Crippen LogP contribution in [0.15, 0.2) is 42.5 Å². The lowest BCUT2D eigenvalue weighted by Gasteiger charge is -2.10. The number of ether oxygens (including phenoxy) is 2. The summed E-state index contributed by atoms with van der Waals surface area (Å²) in [5.74, 6) is 1.74. The molecule has 0 aliphatic heterocycles. The lowest BCUT2D eigenvalue weighted by molar-refractivity contribution is 0.414. The number of rotatable bonds is 4. The molecule has 0 saturated heterocycles. The summed E-state index contributed by atoms with van der Waals surface area (Å²) in [4.78, 5) is 0. The summed E-state index contributed by atoms with van der Waals surface area (Å²) >= 11 is 3.52. The quantitative estimate of drug-likeness (QED) is 0.786. The molecule has 0 saturated carbocycles. The zero-order chi connectivity index (χ0) is 13.0. The highest BCUT2D eigenvalue weighted by atomic mass is 79.9. The smallest absolute Gasteiger partial charge is 0.119 e. The summed E-state index contributed by atoms with van der Waals surface area (Å²) in [5.41, 5.74) is 3.59. The number of methoxy groups -OCH3 is 2. The minimum Gasteiger partial charge on any atom is -0.497 e. The van der Waals surface area contributed by atoms with Crippen molar-refractivity contribution in [2.24, 2.45) is 0 Å². The van der Waals surface area contributed by atoms with E-state index in [1.165, 1.54) is 16.7 Å². The van der Waals surface area contributed by atoms with Gasteiger partial charge < -0.3 is 9.47 Å². The first-order chi connectivity index (χ1) is 8.78. The van der Waals surface area contributed by atoms with Gasteiger partial charge in [0.1, 0.15) is 11.5 Å². The van der Waals surface area contributed by atoms with Gasteiger partial charge in [0.15, 0.2) is 0 Å². The highest BCUT2D eigenvalue weighted by Crippen LogP contribution is 2.30. The van der Waals surface area contributed by atoms with Crippen molar-refractivity contribution in [3.63, 3.8) is 0 Å². The third-order valence-electron chi connectivity index (χ3n) is 2.86. The standard InChI is InChI=1S/C15H15BrO2/c1-17-13-5-3-11(4-6-13)15-8-7-14(18-2)9-12(15)10-16/h3-9H,10H2,1-2H3. The maximum absolute atomic E-state index is 5.24. The fraction of sp³-hybridized carbons (Fsp3) is 0.200. The summed E-state index contributed by atoms with van der Waals surface area (Å²) in [6.45, 7) is 0. The number of benzene rings is 2. The van der Waals surface area contributed by atoms with Gasteiger partial charge in [-0.3, -0.25) is 0 Å². The van der Waals surface area contributed by atoms with Crippen molar-refractivity contribution >= 4 is 15.9 Å². The Morgan fingerprint density at radius 2 is 1.50 bits per heavy atom. The fourth-order valence-electron chi connectivity index (χ4n) is 1.86. The van der Waals surface area contributed by atoms with Gasteiger partial charge in [0.25, 0.3) is 0 Å². The van der Waals surface area contributed by atoms with Crippen molar-refractivity contribution in [2.75, 3.05) is 14.2 Å². The number of hydrogen-bond acceptors (Lipinski definition) is 2. The Morgan fingerprint density at radius 3 is 2.06 bits per heavy atom. The second kappa shape index (κ2) is 5.91. The van der Waals surface area contributed by atoms with Crippen molar-refractivity contribution in [2.45, 2.75) is 5.33 Å². The molecule has 0 amide bonds. The predicted octanol–water partition coefficient (Wildman–Crippen LogP) is 4.27. The van der Waals surface area contributed by atoms with Gasteiger partial charge in [0.2, 0.25) is 0 Å². The van der Waals surface area contributed by atoms with E-state index in [-0.39, 0.29) is 0 Å². The molecule has 3 heteroatoms. The van der Waals surface area contributed by atoms with Gasteiger partial charge in [0.05, 0.1) is 14.2 Å². The van der Waals surface area contributed by atoms with Crippen LogP contribution in [0.5, 0.6) is 11.5 Å². The van der Waals surface area contributed by atoms with E-state index in [0.717, 1.165) is 16.8 Å². The summed E-state index contributed by atoms with van der Waals surface area (Å²) in [7, 11) is 3.35. The van der Waals surface area contributed by atoms with Gasteiger partial charge in [-0.05, 0) is 41.0 Å². The molecule has 2 nitrogen and oxygen atoms in total. The Hall–Kier alpha value is -1.48. The molecule has 0 heterocycles. The van der Waals surface area contributed by atoms with Gasteiger partial charge in [-0.1, -0.05) is 34.1 Å². The van der Waals surface area contributed by atoms with E-state index in [4.69, 9.17) is 9.47 Å². The monoisotopic (exact) mass is 306 g/mol. The summed E-state index contributed by atoms with van der Waals surface area (Å²) < 4.78 is 10.4. The molecule has 0 radical (unpaired) electrons. The molecule has 0 N–H and O–H groups in total. The van der Waals surface area contributed by atoms with E-state index in [1.54, 1.807) is 14.2 Å². The third kappa shape index (κ3) is 2.67. The number of alkyl halides is 1. The first-order valence-corrected chi connectivity index (χ1v) is 6.78. The van der Waals surface area contributed by atoms with Crippen LogP contribution in [0.4, 0.5) is 0 Å². The van der Waals surface area contributed by atoms with Gasteiger partial charge in [-0.15, -0.1) is 0 Å².